The van der Waals surface area contributed by atoms with Crippen LogP contribution in [0.3, 0.4) is 0 Å². The van der Waals surface area contributed by atoms with Crippen LogP contribution in [0.1, 0.15) is 26.3 Å². The standard InChI is InChI=1S/C16H11NO4S/c1-8-10(15(18)19)5-6-11(13(8)16(20)21)12-4-2-3-9-7-17-22-14(9)12/h2-7H,1H3,(H,18,19)(H,20,21). The molecule has 0 saturated carbocycles. The van der Waals surface area contributed by atoms with E-state index in [-0.39, 0.29) is 16.7 Å². The summed E-state index contributed by atoms with van der Waals surface area (Å²) < 4.78 is 5.01. The third-order valence-corrected chi connectivity index (χ3v) is 4.43. The van der Waals surface area contributed by atoms with Gasteiger partial charge in [-0.05, 0) is 35.6 Å². The van der Waals surface area contributed by atoms with Gasteiger partial charge in [-0.15, -0.1) is 0 Å². The van der Waals surface area contributed by atoms with Crippen LogP contribution < -0.4 is 0 Å². The van der Waals surface area contributed by atoms with Gasteiger partial charge in [0.05, 0.1) is 15.8 Å². The van der Waals surface area contributed by atoms with E-state index in [0.29, 0.717) is 5.56 Å². The van der Waals surface area contributed by atoms with Gasteiger partial charge in [0.1, 0.15) is 0 Å². The average Bonchev–Trinajstić information content (AvgIpc) is 2.94. The smallest absolute Gasteiger partial charge is 0.336 e. The summed E-state index contributed by atoms with van der Waals surface area (Å²) in [4.78, 5) is 22.9. The Labute approximate surface area is 129 Å². The van der Waals surface area contributed by atoms with Gasteiger partial charge in [0.2, 0.25) is 0 Å². The summed E-state index contributed by atoms with van der Waals surface area (Å²) in [5, 5.41) is 19.6. The first-order chi connectivity index (χ1) is 10.5. The molecule has 0 amide bonds. The minimum Gasteiger partial charge on any atom is -0.478 e. The summed E-state index contributed by atoms with van der Waals surface area (Å²) in [7, 11) is 0. The maximum absolute atomic E-state index is 11.7. The Hall–Kier alpha value is -2.73. The molecule has 2 N–H and O–H groups in total. The third-order valence-electron chi connectivity index (χ3n) is 3.58. The monoisotopic (exact) mass is 313 g/mol. The van der Waals surface area contributed by atoms with E-state index in [1.54, 1.807) is 12.3 Å². The Morgan fingerprint density at radius 1 is 1.05 bits per heavy atom. The van der Waals surface area contributed by atoms with E-state index >= 15 is 0 Å². The molecule has 3 rings (SSSR count). The molecule has 0 unspecified atom stereocenters. The molecule has 110 valence electrons. The van der Waals surface area contributed by atoms with Gasteiger partial charge in [-0.2, -0.15) is 4.37 Å². The number of rotatable bonds is 3. The highest BCUT2D eigenvalue weighted by Crippen LogP contribution is 2.35. The van der Waals surface area contributed by atoms with Gasteiger partial charge >= 0.3 is 11.9 Å². The molecule has 3 aromatic rings. The van der Waals surface area contributed by atoms with E-state index < -0.39 is 11.9 Å². The molecule has 0 aliphatic carbocycles. The molecule has 0 aliphatic rings. The molecule has 0 fully saturated rings. The van der Waals surface area contributed by atoms with Gasteiger partial charge < -0.3 is 10.2 Å². The lowest BCUT2D eigenvalue weighted by Crippen LogP contribution is -2.09. The fourth-order valence-electron chi connectivity index (χ4n) is 2.55. The van der Waals surface area contributed by atoms with E-state index in [0.717, 1.165) is 15.6 Å². The van der Waals surface area contributed by atoms with Gasteiger partial charge in [0, 0.05) is 17.1 Å². The number of carboxylic acid groups (broad SMARTS) is 2. The van der Waals surface area contributed by atoms with Crippen LogP contribution in [0.2, 0.25) is 0 Å². The number of nitrogens with zero attached hydrogens (tertiary/aromatic N) is 1. The maximum atomic E-state index is 11.7. The number of hydrogen-bond acceptors (Lipinski definition) is 4. The molecule has 22 heavy (non-hydrogen) atoms. The Bertz CT molecular complexity index is 914. The molecule has 2 aromatic carbocycles. The van der Waals surface area contributed by atoms with Crippen molar-refractivity contribution in [3.63, 3.8) is 0 Å². The number of carboxylic acids is 2. The molecule has 6 heteroatoms. The minimum absolute atomic E-state index is 0.00219. The quantitative estimate of drug-likeness (QED) is 0.770. The van der Waals surface area contributed by atoms with Crippen LogP contribution in [0, 0.1) is 6.92 Å². The van der Waals surface area contributed by atoms with Crippen molar-refractivity contribution in [3.8, 4) is 11.1 Å². The predicted octanol–water partition coefficient (Wildman–Crippen LogP) is 3.67. The van der Waals surface area contributed by atoms with Crippen molar-refractivity contribution >= 4 is 33.6 Å². The highest BCUT2D eigenvalue weighted by Gasteiger charge is 2.21. The summed E-state index contributed by atoms with van der Waals surface area (Å²) in [5.41, 5.74) is 1.51. The van der Waals surface area contributed by atoms with Crippen LogP contribution in [0.5, 0.6) is 0 Å². The molecule has 0 bridgehead atoms. The second-order valence-corrected chi connectivity index (χ2v) is 5.62. The van der Waals surface area contributed by atoms with Crippen LogP contribution in [0.25, 0.3) is 21.2 Å². The fourth-order valence-corrected chi connectivity index (χ4v) is 3.32. The number of aromatic nitrogens is 1. The zero-order valence-electron chi connectivity index (χ0n) is 11.5. The number of carbonyl (C=O) groups is 2. The molecule has 0 aliphatic heterocycles. The second kappa shape index (κ2) is 5.23. The van der Waals surface area contributed by atoms with Crippen LogP contribution in [-0.2, 0) is 0 Å². The van der Waals surface area contributed by atoms with Gasteiger partial charge in [0.15, 0.2) is 0 Å². The van der Waals surface area contributed by atoms with Crippen LogP contribution >= 0.6 is 11.5 Å². The van der Waals surface area contributed by atoms with E-state index in [4.69, 9.17) is 0 Å². The van der Waals surface area contributed by atoms with Crippen LogP contribution in [0.15, 0.2) is 36.5 Å². The van der Waals surface area contributed by atoms with E-state index in [9.17, 15) is 19.8 Å². The van der Waals surface area contributed by atoms with Gasteiger partial charge in [0.25, 0.3) is 0 Å². The third kappa shape index (κ3) is 2.14. The highest BCUT2D eigenvalue weighted by atomic mass is 32.1. The molecule has 0 saturated heterocycles. The Balaban J connectivity index is 2.36. The lowest BCUT2D eigenvalue weighted by atomic mass is 9.92. The van der Waals surface area contributed by atoms with Crippen LogP contribution in [0.4, 0.5) is 0 Å². The van der Waals surface area contributed by atoms with Crippen molar-refractivity contribution in [2.45, 2.75) is 6.92 Å². The van der Waals surface area contributed by atoms with Gasteiger partial charge in [-0.25, -0.2) is 9.59 Å². The molecule has 5 nitrogen and oxygen atoms in total. The first-order valence-corrected chi connectivity index (χ1v) is 7.22. The molecular formula is C16H11NO4S. The second-order valence-electron chi connectivity index (χ2n) is 4.82. The normalized spacial score (nSPS) is 10.8. The lowest BCUT2D eigenvalue weighted by Gasteiger charge is -2.12. The van der Waals surface area contributed by atoms with E-state index in [1.165, 1.54) is 24.5 Å². The molecule has 0 radical (unpaired) electrons. The first-order valence-electron chi connectivity index (χ1n) is 6.44. The summed E-state index contributed by atoms with van der Waals surface area (Å²) in [5.74, 6) is -2.28. The predicted molar refractivity (Wildman–Crippen MR) is 83.7 cm³/mol. The SMILES string of the molecule is Cc1c(C(=O)O)ccc(-c2cccc3cnsc23)c1C(=O)O. The van der Waals surface area contributed by atoms with Crippen molar-refractivity contribution < 1.29 is 19.8 Å². The Morgan fingerprint density at radius 2 is 1.82 bits per heavy atom. The zero-order chi connectivity index (χ0) is 15.9. The van der Waals surface area contributed by atoms with E-state index in [2.05, 4.69) is 4.37 Å². The van der Waals surface area contributed by atoms with Crippen molar-refractivity contribution in [1.82, 2.24) is 4.37 Å². The number of hydrogen-bond donors (Lipinski definition) is 2. The van der Waals surface area contributed by atoms with Crippen molar-refractivity contribution in [3.05, 3.63) is 53.2 Å². The molecule has 1 heterocycles. The summed E-state index contributed by atoms with van der Waals surface area (Å²) >= 11 is 1.29. The Morgan fingerprint density at radius 3 is 2.50 bits per heavy atom. The molecular weight excluding hydrogens is 302 g/mol. The number of aromatic carboxylic acids is 2. The lowest BCUT2D eigenvalue weighted by molar-refractivity contribution is 0.0696. The van der Waals surface area contributed by atoms with Crippen molar-refractivity contribution in [2.24, 2.45) is 0 Å². The topological polar surface area (TPSA) is 87.5 Å². The molecule has 0 spiro atoms. The largest absolute Gasteiger partial charge is 0.478 e. The summed E-state index contributed by atoms with van der Waals surface area (Å²) in [6.07, 6.45) is 1.72. The van der Waals surface area contributed by atoms with Crippen molar-refractivity contribution in [1.29, 1.82) is 0 Å². The van der Waals surface area contributed by atoms with E-state index in [1.807, 2.05) is 18.2 Å². The highest BCUT2D eigenvalue weighted by molar-refractivity contribution is 7.13. The zero-order valence-corrected chi connectivity index (χ0v) is 12.3. The molecule has 1 aromatic heterocycles. The number of fused-ring (bicyclic) bond motifs is 1. The summed E-state index contributed by atoms with van der Waals surface area (Å²) in [6, 6.07) is 8.55. The van der Waals surface area contributed by atoms with Gasteiger partial charge in [-0.3, -0.25) is 0 Å². The molecule has 0 atom stereocenters. The average molecular weight is 313 g/mol. The fraction of sp³-hybridized carbons (Fsp3) is 0.0625. The van der Waals surface area contributed by atoms with Gasteiger partial charge in [-0.1, -0.05) is 24.3 Å². The maximum Gasteiger partial charge on any atom is 0.336 e. The Kier molecular flexibility index (Phi) is 3.38. The number of benzene rings is 2. The van der Waals surface area contributed by atoms with Crippen molar-refractivity contribution in [2.75, 3.05) is 0 Å². The summed E-state index contributed by atoms with van der Waals surface area (Å²) in [6.45, 7) is 1.52. The van der Waals surface area contributed by atoms with Crippen LogP contribution in [-0.4, -0.2) is 26.5 Å². The minimum atomic E-state index is -1.14. The first kappa shape index (κ1) is 14.2.